The number of hydrogen-bond acceptors (Lipinski definition) is 5. The van der Waals surface area contributed by atoms with Gasteiger partial charge in [-0.25, -0.2) is 22.1 Å². The van der Waals surface area contributed by atoms with Gasteiger partial charge in [0.25, 0.3) is 5.91 Å². The molecule has 1 aromatic rings. The summed E-state index contributed by atoms with van der Waals surface area (Å²) in [6.45, 7) is -0.124. The molecule has 1 amide bonds. The summed E-state index contributed by atoms with van der Waals surface area (Å²) in [4.78, 5) is 15.1. The molecule has 0 spiro atoms. The number of nitrogens with one attached hydrogen (secondary N) is 1. The second kappa shape index (κ2) is 5.93. The first kappa shape index (κ1) is 15.3. The lowest BCUT2D eigenvalue weighted by Gasteiger charge is -2.11. The SMILES string of the molecule is CN(C)S(=O)(=O)CCNC(=O)c1ccnc(N)c1F. The van der Waals surface area contributed by atoms with Crippen molar-refractivity contribution in [2.45, 2.75) is 0 Å². The van der Waals surface area contributed by atoms with E-state index in [9.17, 15) is 17.6 Å². The summed E-state index contributed by atoms with van der Waals surface area (Å²) >= 11 is 0. The van der Waals surface area contributed by atoms with Crippen LogP contribution in [0.1, 0.15) is 10.4 Å². The lowest BCUT2D eigenvalue weighted by molar-refractivity contribution is 0.0952. The van der Waals surface area contributed by atoms with E-state index in [0.717, 1.165) is 4.31 Å². The van der Waals surface area contributed by atoms with Crippen molar-refractivity contribution in [3.63, 3.8) is 0 Å². The topological polar surface area (TPSA) is 105 Å². The molecule has 1 aromatic heterocycles. The first-order valence-electron chi connectivity index (χ1n) is 5.34. The van der Waals surface area contributed by atoms with Crippen LogP contribution in [-0.4, -0.2) is 50.0 Å². The number of rotatable bonds is 5. The van der Waals surface area contributed by atoms with Crippen molar-refractivity contribution >= 4 is 21.7 Å². The van der Waals surface area contributed by atoms with E-state index in [4.69, 9.17) is 5.73 Å². The number of hydrogen-bond donors (Lipinski definition) is 2. The molecule has 0 aliphatic rings. The average molecular weight is 290 g/mol. The van der Waals surface area contributed by atoms with Crippen molar-refractivity contribution in [1.29, 1.82) is 0 Å². The lowest BCUT2D eigenvalue weighted by atomic mass is 10.2. The molecule has 0 aliphatic carbocycles. The standard InChI is InChI=1S/C10H15FN4O3S/c1-15(2)19(17,18)6-5-14-10(16)7-3-4-13-9(12)8(7)11/h3-4H,5-6H2,1-2H3,(H2,12,13)(H,14,16). The molecule has 106 valence electrons. The number of aromatic nitrogens is 1. The number of carbonyl (C=O) groups is 1. The van der Waals surface area contributed by atoms with Gasteiger partial charge >= 0.3 is 0 Å². The van der Waals surface area contributed by atoms with Gasteiger partial charge in [0.1, 0.15) is 0 Å². The summed E-state index contributed by atoms with van der Waals surface area (Å²) in [6, 6.07) is 1.17. The molecule has 0 saturated carbocycles. The van der Waals surface area contributed by atoms with Crippen LogP contribution in [0.2, 0.25) is 0 Å². The maximum atomic E-state index is 13.5. The highest BCUT2D eigenvalue weighted by Crippen LogP contribution is 2.11. The van der Waals surface area contributed by atoms with Crippen molar-refractivity contribution in [3.05, 3.63) is 23.6 Å². The number of sulfonamides is 1. The van der Waals surface area contributed by atoms with E-state index >= 15 is 0 Å². The van der Waals surface area contributed by atoms with Crippen LogP contribution in [0.5, 0.6) is 0 Å². The smallest absolute Gasteiger partial charge is 0.254 e. The van der Waals surface area contributed by atoms with Gasteiger partial charge in [0.15, 0.2) is 11.6 Å². The Labute approximate surface area is 110 Å². The largest absolute Gasteiger partial charge is 0.381 e. The molecule has 0 bridgehead atoms. The number of nitrogens with two attached hydrogens (primary N) is 1. The Morgan fingerprint density at radius 2 is 2.16 bits per heavy atom. The van der Waals surface area contributed by atoms with Crippen LogP contribution >= 0.6 is 0 Å². The van der Waals surface area contributed by atoms with Crippen LogP contribution in [-0.2, 0) is 10.0 Å². The maximum Gasteiger partial charge on any atom is 0.254 e. The van der Waals surface area contributed by atoms with Gasteiger partial charge in [0, 0.05) is 26.8 Å². The molecule has 19 heavy (non-hydrogen) atoms. The molecule has 0 unspecified atom stereocenters. The quantitative estimate of drug-likeness (QED) is 0.755. The normalized spacial score (nSPS) is 11.6. The third kappa shape index (κ3) is 3.86. The highest BCUT2D eigenvalue weighted by molar-refractivity contribution is 7.89. The van der Waals surface area contributed by atoms with Crippen LogP contribution in [0.15, 0.2) is 12.3 Å². The van der Waals surface area contributed by atoms with Crippen molar-refractivity contribution in [2.75, 3.05) is 32.1 Å². The summed E-state index contributed by atoms with van der Waals surface area (Å²) in [7, 11) is -0.628. The first-order chi connectivity index (χ1) is 8.75. The molecule has 1 heterocycles. The molecule has 0 saturated heterocycles. The van der Waals surface area contributed by atoms with E-state index in [1.165, 1.54) is 26.4 Å². The fourth-order valence-electron chi connectivity index (χ4n) is 1.21. The molecule has 0 radical (unpaired) electrons. The van der Waals surface area contributed by atoms with Crippen LogP contribution in [0.3, 0.4) is 0 Å². The third-order valence-corrected chi connectivity index (χ3v) is 4.20. The molecule has 3 N–H and O–H groups in total. The fourth-order valence-corrected chi connectivity index (χ4v) is 1.93. The molecule has 7 nitrogen and oxygen atoms in total. The number of carbonyl (C=O) groups excluding carboxylic acids is 1. The lowest BCUT2D eigenvalue weighted by Crippen LogP contribution is -2.34. The molecule has 0 fully saturated rings. The Morgan fingerprint density at radius 3 is 2.74 bits per heavy atom. The highest BCUT2D eigenvalue weighted by Gasteiger charge is 2.17. The van der Waals surface area contributed by atoms with Crippen LogP contribution in [0, 0.1) is 5.82 Å². The van der Waals surface area contributed by atoms with Gasteiger partial charge in [0.05, 0.1) is 11.3 Å². The zero-order valence-corrected chi connectivity index (χ0v) is 11.4. The van der Waals surface area contributed by atoms with Crippen LogP contribution < -0.4 is 11.1 Å². The molecular formula is C10H15FN4O3S. The fraction of sp³-hybridized carbons (Fsp3) is 0.400. The van der Waals surface area contributed by atoms with Crippen LogP contribution in [0.25, 0.3) is 0 Å². The summed E-state index contributed by atoms with van der Waals surface area (Å²) in [6.07, 6.45) is 1.20. The van der Waals surface area contributed by atoms with E-state index in [-0.39, 0.29) is 23.7 Å². The maximum absolute atomic E-state index is 13.5. The van der Waals surface area contributed by atoms with Gasteiger partial charge < -0.3 is 11.1 Å². The molecular weight excluding hydrogens is 275 g/mol. The van der Waals surface area contributed by atoms with Gasteiger partial charge in [-0.2, -0.15) is 0 Å². The second-order valence-corrected chi connectivity index (χ2v) is 6.21. The average Bonchev–Trinajstić information content (AvgIpc) is 2.32. The number of pyridine rings is 1. The van der Waals surface area contributed by atoms with Crippen molar-refractivity contribution in [3.8, 4) is 0 Å². The minimum absolute atomic E-state index is 0.124. The summed E-state index contributed by atoms with van der Waals surface area (Å²) < 4.78 is 37.4. The van der Waals surface area contributed by atoms with Crippen molar-refractivity contribution in [2.24, 2.45) is 0 Å². The van der Waals surface area contributed by atoms with Gasteiger partial charge in [0.2, 0.25) is 10.0 Å². The van der Waals surface area contributed by atoms with E-state index in [2.05, 4.69) is 10.3 Å². The Bertz CT molecular complexity index is 574. The van der Waals surface area contributed by atoms with Crippen molar-refractivity contribution in [1.82, 2.24) is 14.6 Å². The van der Waals surface area contributed by atoms with E-state index in [1.54, 1.807) is 0 Å². The summed E-state index contributed by atoms with van der Waals surface area (Å²) in [5, 5.41) is 2.31. The Balaban J connectivity index is 2.65. The minimum Gasteiger partial charge on any atom is -0.381 e. The Kier molecular flexibility index (Phi) is 4.78. The monoisotopic (exact) mass is 290 g/mol. The van der Waals surface area contributed by atoms with Crippen LogP contribution in [0.4, 0.5) is 10.2 Å². The molecule has 0 atom stereocenters. The van der Waals surface area contributed by atoms with Crippen molar-refractivity contribution < 1.29 is 17.6 Å². The number of anilines is 1. The van der Waals surface area contributed by atoms with Gasteiger partial charge in [-0.1, -0.05) is 0 Å². The zero-order chi connectivity index (χ0) is 14.6. The van der Waals surface area contributed by atoms with Gasteiger partial charge in [-0.15, -0.1) is 0 Å². The van der Waals surface area contributed by atoms with E-state index in [0.29, 0.717) is 0 Å². The van der Waals surface area contributed by atoms with E-state index in [1.807, 2.05) is 0 Å². The third-order valence-electron chi connectivity index (χ3n) is 2.36. The first-order valence-corrected chi connectivity index (χ1v) is 6.95. The molecule has 0 aromatic carbocycles. The zero-order valence-electron chi connectivity index (χ0n) is 10.6. The summed E-state index contributed by atoms with van der Waals surface area (Å²) in [5.41, 5.74) is 4.96. The Morgan fingerprint density at radius 1 is 1.53 bits per heavy atom. The number of nitrogen functional groups attached to an aromatic ring is 1. The predicted octanol–water partition coefficient (Wildman–Crippen LogP) is -0.576. The van der Waals surface area contributed by atoms with E-state index < -0.39 is 21.7 Å². The number of halogens is 1. The number of nitrogens with zero attached hydrogens (tertiary/aromatic N) is 2. The molecule has 9 heteroatoms. The van der Waals surface area contributed by atoms with Gasteiger partial charge in [-0.3, -0.25) is 4.79 Å². The predicted molar refractivity (Wildman–Crippen MR) is 68.4 cm³/mol. The Hall–Kier alpha value is -1.74. The molecule has 1 rings (SSSR count). The van der Waals surface area contributed by atoms with Gasteiger partial charge in [-0.05, 0) is 6.07 Å². The second-order valence-electron chi connectivity index (χ2n) is 3.91. The minimum atomic E-state index is -3.41. The molecule has 0 aliphatic heterocycles. The summed E-state index contributed by atoms with van der Waals surface area (Å²) in [5.74, 6) is -2.31. The number of amides is 1. The highest BCUT2D eigenvalue weighted by atomic mass is 32.2.